The summed E-state index contributed by atoms with van der Waals surface area (Å²) in [7, 11) is -4.55. The van der Waals surface area contributed by atoms with Crippen LogP contribution < -0.4 is 14.4 Å². The lowest BCUT2D eigenvalue weighted by molar-refractivity contribution is -0.125. The van der Waals surface area contributed by atoms with Gasteiger partial charge in [-0.15, -0.1) is 0 Å². The Balaban J connectivity index is 1.55. The molecular formula is C20H19N3O7S. The predicted molar refractivity (Wildman–Crippen MR) is 109 cm³/mol. The van der Waals surface area contributed by atoms with E-state index in [2.05, 4.69) is 5.32 Å². The van der Waals surface area contributed by atoms with E-state index in [-0.39, 0.29) is 37.7 Å². The summed E-state index contributed by atoms with van der Waals surface area (Å²) in [6.07, 6.45) is -0.862. The van der Waals surface area contributed by atoms with Crippen molar-refractivity contribution >= 4 is 33.0 Å². The molecular weight excluding hydrogens is 426 g/mol. The average molecular weight is 445 g/mol. The van der Waals surface area contributed by atoms with Gasteiger partial charge in [0.05, 0.1) is 25.3 Å². The van der Waals surface area contributed by atoms with Crippen LogP contribution in [0.3, 0.4) is 0 Å². The molecule has 1 atom stereocenters. The molecule has 1 N–H and O–H groups in total. The van der Waals surface area contributed by atoms with Crippen LogP contribution in [0.15, 0.2) is 54.6 Å². The number of imide groups is 1. The van der Waals surface area contributed by atoms with Crippen molar-refractivity contribution in [3.05, 3.63) is 60.2 Å². The number of anilines is 1. The molecule has 0 unspecified atom stereocenters. The second-order valence-electron chi connectivity index (χ2n) is 6.93. The minimum Gasteiger partial charge on any atom is -0.484 e. The first kappa shape index (κ1) is 20.7. The van der Waals surface area contributed by atoms with Crippen molar-refractivity contribution in [1.82, 2.24) is 10.2 Å². The maximum atomic E-state index is 13.0. The Morgan fingerprint density at radius 1 is 1.10 bits per heavy atom. The number of urea groups is 1. The van der Waals surface area contributed by atoms with E-state index in [0.29, 0.717) is 5.56 Å². The molecule has 2 aliphatic heterocycles. The minimum absolute atomic E-state index is 0.129. The third-order valence-corrected chi connectivity index (χ3v) is 6.29. The highest BCUT2D eigenvalue weighted by Gasteiger charge is 2.41. The van der Waals surface area contributed by atoms with Crippen LogP contribution in [0.2, 0.25) is 0 Å². The lowest BCUT2D eigenvalue weighted by Gasteiger charge is -2.35. The van der Waals surface area contributed by atoms with Gasteiger partial charge in [0.25, 0.3) is 0 Å². The fourth-order valence-electron chi connectivity index (χ4n) is 3.31. The molecule has 0 saturated carbocycles. The largest absolute Gasteiger partial charge is 0.484 e. The summed E-state index contributed by atoms with van der Waals surface area (Å²) in [6, 6.07) is 14.4. The molecule has 10 nitrogen and oxygen atoms in total. The quantitative estimate of drug-likeness (QED) is 0.546. The van der Waals surface area contributed by atoms with E-state index >= 15 is 0 Å². The summed E-state index contributed by atoms with van der Waals surface area (Å²) in [5.41, 5.74) is 0.817. The highest BCUT2D eigenvalue weighted by Crippen LogP contribution is 2.35. The van der Waals surface area contributed by atoms with Crippen molar-refractivity contribution in [3.63, 3.8) is 0 Å². The number of carbonyl (C=O) groups is 3. The Kier molecular flexibility index (Phi) is 5.51. The van der Waals surface area contributed by atoms with Gasteiger partial charge in [-0.2, -0.15) is 8.42 Å². The van der Waals surface area contributed by atoms with E-state index in [1.165, 1.54) is 6.07 Å². The molecule has 2 aromatic rings. The Labute approximate surface area is 178 Å². The number of rotatable bonds is 5. The summed E-state index contributed by atoms with van der Waals surface area (Å²) in [4.78, 5) is 37.2. The van der Waals surface area contributed by atoms with Gasteiger partial charge in [-0.1, -0.05) is 42.5 Å². The van der Waals surface area contributed by atoms with Gasteiger partial charge in [-0.05, 0) is 17.7 Å². The van der Waals surface area contributed by atoms with E-state index < -0.39 is 33.4 Å². The number of nitrogens with zero attached hydrogens (tertiary/aromatic N) is 2. The van der Waals surface area contributed by atoms with Gasteiger partial charge in [0.1, 0.15) is 18.5 Å². The second kappa shape index (κ2) is 8.26. The molecule has 2 heterocycles. The minimum atomic E-state index is -4.55. The fraction of sp³-hybridized carbons (Fsp3) is 0.250. The monoisotopic (exact) mass is 445 g/mol. The zero-order valence-electron chi connectivity index (χ0n) is 16.3. The molecule has 11 heteroatoms. The number of carbonyl (C=O) groups excluding carboxylic acids is 3. The van der Waals surface area contributed by atoms with Crippen LogP contribution in [0, 0.1) is 0 Å². The first-order valence-electron chi connectivity index (χ1n) is 9.43. The average Bonchev–Trinajstić information content (AvgIpc) is 3.09. The molecule has 4 rings (SSSR count). The lowest BCUT2D eigenvalue weighted by Crippen LogP contribution is -2.51. The van der Waals surface area contributed by atoms with Crippen LogP contribution in [-0.2, 0) is 26.2 Å². The number of nitrogens with one attached hydrogen (secondary N) is 1. The number of amides is 3. The van der Waals surface area contributed by atoms with Gasteiger partial charge in [-0.25, -0.2) is 9.59 Å². The number of fused-ring (bicyclic) bond motifs is 1. The third-order valence-electron chi connectivity index (χ3n) is 4.82. The highest BCUT2D eigenvalue weighted by molar-refractivity contribution is 8.06. The van der Waals surface area contributed by atoms with Crippen molar-refractivity contribution in [3.8, 4) is 5.75 Å². The summed E-state index contributed by atoms with van der Waals surface area (Å²) in [5.74, 6) is -0.227. The van der Waals surface area contributed by atoms with Crippen LogP contribution in [0.4, 0.5) is 15.3 Å². The first-order valence-corrected chi connectivity index (χ1v) is 10.9. The van der Waals surface area contributed by atoms with E-state index in [9.17, 15) is 22.8 Å². The zero-order chi connectivity index (χ0) is 22.0. The molecule has 0 spiro atoms. The smallest absolute Gasteiger partial charge is 0.445 e. The molecule has 0 bridgehead atoms. The number of hydrogen-bond donors (Lipinski definition) is 1. The summed E-state index contributed by atoms with van der Waals surface area (Å²) >= 11 is 0. The van der Waals surface area contributed by atoms with Gasteiger partial charge in [0.2, 0.25) is 5.91 Å². The number of ether oxygens (including phenoxy) is 2. The molecule has 2 aromatic carbocycles. The maximum Gasteiger partial charge on any atom is 0.445 e. The summed E-state index contributed by atoms with van der Waals surface area (Å²) < 4.78 is 37.7. The third kappa shape index (κ3) is 4.17. The lowest BCUT2D eigenvalue weighted by atomic mass is 10.2. The SMILES string of the molecule is O=C1CNC(=O)N1C[C@H]1CN(S(=O)(=O)C(=O)OCc2ccccc2)c2ccccc2O1. The Bertz CT molecular complexity index is 1100. The number of sulfonamides is 1. The van der Waals surface area contributed by atoms with Crippen molar-refractivity contribution in [2.75, 3.05) is 23.9 Å². The van der Waals surface area contributed by atoms with E-state index in [4.69, 9.17) is 9.47 Å². The molecule has 1 saturated heterocycles. The standard InChI is InChI=1S/C20H19N3O7S/c24-18-10-21-19(25)22(18)11-15-12-23(16-8-4-5-9-17(16)30-15)31(27,28)20(26)29-13-14-6-2-1-3-7-14/h1-9,15H,10-13H2,(H,21,25)/t15-/m0/s1. The summed E-state index contributed by atoms with van der Waals surface area (Å²) in [6.45, 7) is -0.756. The highest BCUT2D eigenvalue weighted by atomic mass is 32.2. The predicted octanol–water partition coefficient (Wildman–Crippen LogP) is 1.47. The first-order chi connectivity index (χ1) is 14.9. The van der Waals surface area contributed by atoms with Gasteiger partial charge in [0.15, 0.2) is 0 Å². The van der Waals surface area contributed by atoms with Crippen LogP contribution in [-0.4, -0.2) is 56.3 Å². The van der Waals surface area contributed by atoms with Gasteiger partial charge >= 0.3 is 21.4 Å². The van der Waals surface area contributed by atoms with E-state index in [0.717, 1.165) is 9.21 Å². The van der Waals surface area contributed by atoms with Gasteiger partial charge in [-0.3, -0.25) is 14.0 Å². The topological polar surface area (TPSA) is 122 Å². The molecule has 31 heavy (non-hydrogen) atoms. The molecule has 0 aromatic heterocycles. The molecule has 1 fully saturated rings. The normalized spacial score (nSPS) is 18.3. The molecule has 0 aliphatic carbocycles. The van der Waals surface area contributed by atoms with Crippen LogP contribution in [0.25, 0.3) is 0 Å². The zero-order valence-corrected chi connectivity index (χ0v) is 17.1. The Hall–Kier alpha value is -3.60. The van der Waals surface area contributed by atoms with E-state index in [1.807, 2.05) is 0 Å². The fourth-order valence-corrected chi connectivity index (χ4v) is 4.47. The maximum absolute atomic E-state index is 13.0. The number of hydrogen-bond acceptors (Lipinski definition) is 7. The summed E-state index contributed by atoms with van der Waals surface area (Å²) in [5, 5.41) is 0.995. The molecule has 3 amide bonds. The molecule has 0 radical (unpaired) electrons. The van der Waals surface area contributed by atoms with Gasteiger partial charge in [0, 0.05) is 0 Å². The van der Waals surface area contributed by atoms with Crippen molar-refractivity contribution in [2.45, 2.75) is 12.7 Å². The molecule has 162 valence electrons. The number of benzene rings is 2. The van der Waals surface area contributed by atoms with Crippen LogP contribution >= 0.6 is 0 Å². The number of para-hydroxylation sites is 2. The van der Waals surface area contributed by atoms with Crippen LogP contribution in [0.5, 0.6) is 5.75 Å². The van der Waals surface area contributed by atoms with Crippen LogP contribution in [0.1, 0.15) is 5.56 Å². The van der Waals surface area contributed by atoms with Crippen molar-refractivity contribution in [1.29, 1.82) is 0 Å². The van der Waals surface area contributed by atoms with Gasteiger partial charge < -0.3 is 14.8 Å². The molecule has 2 aliphatic rings. The Morgan fingerprint density at radius 3 is 2.52 bits per heavy atom. The second-order valence-corrected chi connectivity index (χ2v) is 8.66. The van der Waals surface area contributed by atoms with Crippen molar-refractivity contribution in [2.24, 2.45) is 0 Å². The van der Waals surface area contributed by atoms with E-state index in [1.54, 1.807) is 48.5 Å². The van der Waals surface area contributed by atoms with Crippen molar-refractivity contribution < 1.29 is 32.3 Å². The Morgan fingerprint density at radius 2 is 1.81 bits per heavy atom.